The Labute approximate surface area is 175 Å². The topological polar surface area (TPSA) is 98.6 Å². The lowest BCUT2D eigenvalue weighted by molar-refractivity contribution is 0.337. The zero-order valence-electron chi connectivity index (χ0n) is 16.5. The number of para-hydroxylation sites is 2. The Morgan fingerprint density at radius 3 is 2.90 bits per heavy atom. The van der Waals surface area contributed by atoms with Crippen molar-refractivity contribution >= 4 is 33.3 Å². The van der Waals surface area contributed by atoms with Gasteiger partial charge >= 0.3 is 0 Å². The van der Waals surface area contributed by atoms with E-state index in [-0.39, 0.29) is 10.8 Å². The Morgan fingerprint density at radius 2 is 2.10 bits per heavy atom. The van der Waals surface area contributed by atoms with Crippen molar-refractivity contribution in [1.29, 1.82) is 0 Å². The highest BCUT2D eigenvalue weighted by molar-refractivity contribution is 7.99. The van der Waals surface area contributed by atoms with Crippen LogP contribution in [-0.4, -0.2) is 36.8 Å². The van der Waals surface area contributed by atoms with Crippen molar-refractivity contribution in [2.45, 2.75) is 38.1 Å². The Hall–Kier alpha value is -2.72. The van der Waals surface area contributed by atoms with Gasteiger partial charge in [-0.15, -0.1) is 16.4 Å². The van der Waals surface area contributed by atoms with Crippen LogP contribution >= 0.6 is 23.1 Å². The molecule has 0 aliphatic carbocycles. The second kappa shape index (κ2) is 7.96. The van der Waals surface area contributed by atoms with E-state index in [1.807, 2.05) is 52.0 Å². The molecular formula is C19H20N6O2S2. The summed E-state index contributed by atoms with van der Waals surface area (Å²) < 4.78 is 7.34. The molecule has 3 aromatic heterocycles. The normalized spacial score (nSPS) is 12.4. The highest BCUT2D eigenvalue weighted by atomic mass is 32.2. The first-order valence-corrected chi connectivity index (χ1v) is 10.9. The third kappa shape index (κ3) is 3.65. The van der Waals surface area contributed by atoms with Crippen molar-refractivity contribution in [3.8, 4) is 11.4 Å². The van der Waals surface area contributed by atoms with E-state index >= 15 is 0 Å². The van der Waals surface area contributed by atoms with Gasteiger partial charge in [0.15, 0.2) is 0 Å². The second-order valence-corrected chi connectivity index (χ2v) is 8.96. The number of aromatic nitrogens is 6. The number of ether oxygens (including phenoxy) is 1. The van der Waals surface area contributed by atoms with Crippen molar-refractivity contribution in [2.75, 3.05) is 6.61 Å². The van der Waals surface area contributed by atoms with Gasteiger partial charge in [0.2, 0.25) is 5.16 Å². The highest BCUT2D eigenvalue weighted by Gasteiger charge is 2.20. The van der Waals surface area contributed by atoms with Crippen LogP contribution in [0.2, 0.25) is 0 Å². The summed E-state index contributed by atoms with van der Waals surface area (Å²) in [6.45, 7) is 8.40. The number of thiophene rings is 1. The zero-order valence-corrected chi connectivity index (χ0v) is 18.1. The number of benzene rings is 1. The predicted molar refractivity (Wildman–Crippen MR) is 114 cm³/mol. The molecule has 1 N–H and O–H groups in total. The predicted octanol–water partition coefficient (Wildman–Crippen LogP) is 3.83. The molecule has 4 rings (SSSR count). The van der Waals surface area contributed by atoms with E-state index in [1.54, 1.807) is 4.68 Å². The van der Waals surface area contributed by atoms with Gasteiger partial charge in [0.25, 0.3) is 5.56 Å². The molecule has 0 radical (unpaired) electrons. The number of nitrogens with zero attached hydrogens (tertiary/aromatic N) is 5. The van der Waals surface area contributed by atoms with Crippen molar-refractivity contribution in [3.05, 3.63) is 50.9 Å². The number of rotatable bonds is 6. The molecule has 0 fully saturated rings. The molecule has 0 aliphatic rings. The molecule has 29 heavy (non-hydrogen) atoms. The van der Waals surface area contributed by atoms with E-state index in [4.69, 9.17) is 4.74 Å². The molecule has 0 aliphatic heterocycles. The Kier molecular flexibility index (Phi) is 5.37. The lowest BCUT2D eigenvalue weighted by Gasteiger charge is -2.12. The fourth-order valence-electron chi connectivity index (χ4n) is 2.99. The van der Waals surface area contributed by atoms with Crippen molar-refractivity contribution in [2.24, 2.45) is 0 Å². The van der Waals surface area contributed by atoms with Gasteiger partial charge in [-0.25, -0.2) is 4.98 Å². The van der Waals surface area contributed by atoms with Gasteiger partial charge in [-0.05, 0) is 55.8 Å². The molecule has 4 aromatic rings. The van der Waals surface area contributed by atoms with Crippen LogP contribution in [0.25, 0.3) is 15.9 Å². The number of fused-ring (bicyclic) bond motifs is 1. The third-order valence-corrected chi connectivity index (χ3v) is 6.70. The van der Waals surface area contributed by atoms with Crippen molar-refractivity contribution < 1.29 is 4.74 Å². The van der Waals surface area contributed by atoms with E-state index in [9.17, 15) is 4.79 Å². The van der Waals surface area contributed by atoms with Gasteiger partial charge in [0, 0.05) is 4.88 Å². The first-order chi connectivity index (χ1) is 14.0. The molecule has 10 heteroatoms. The van der Waals surface area contributed by atoms with Crippen LogP contribution in [0.3, 0.4) is 0 Å². The molecule has 0 saturated carbocycles. The lowest BCUT2D eigenvalue weighted by atomic mass is 10.2. The van der Waals surface area contributed by atoms with Gasteiger partial charge in [-0.1, -0.05) is 23.9 Å². The fraction of sp³-hybridized carbons (Fsp3) is 0.316. The third-order valence-electron chi connectivity index (χ3n) is 4.56. The van der Waals surface area contributed by atoms with Gasteiger partial charge in [-0.2, -0.15) is 4.68 Å². The summed E-state index contributed by atoms with van der Waals surface area (Å²) in [7, 11) is 0. The minimum Gasteiger partial charge on any atom is -0.492 e. The lowest BCUT2D eigenvalue weighted by Crippen LogP contribution is -2.13. The largest absolute Gasteiger partial charge is 0.492 e. The van der Waals surface area contributed by atoms with E-state index in [2.05, 4.69) is 25.5 Å². The van der Waals surface area contributed by atoms with Gasteiger partial charge in [-0.3, -0.25) is 4.79 Å². The monoisotopic (exact) mass is 428 g/mol. The molecule has 8 nitrogen and oxygen atoms in total. The highest BCUT2D eigenvalue weighted by Crippen LogP contribution is 2.35. The van der Waals surface area contributed by atoms with Gasteiger partial charge in [0.1, 0.15) is 22.1 Å². The summed E-state index contributed by atoms with van der Waals surface area (Å²) in [5.41, 5.74) is 1.64. The molecular weight excluding hydrogens is 408 g/mol. The Balaban J connectivity index is 1.67. The number of H-pyrrole nitrogens is 1. The molecule has 3 heterocycles. The minimum absolute atomic E-state index is 0.111. The van der Waals surface area contributed by atoms with Crippen LogP contribution in [0.15, 0.2) is 34.2 Å². The zero-order chi connectivity index (χ0) is 20.5. The van der Waals surface area contributed by atoms with Crippen LogP contribution in [-0.2, 0) is 0 Å². The summed E-state index contributed by atoms with van der Waals surface area (Å²) in [5, 5.41) is 13.2. The first kappa shape index (κ1) is 19.6. The molecule has 0 spiro atoms. The number of aromatic amines is 1. The summed E-state index contributed by atoms with van der Waals surface area (Å²) in [6, 6.07) is 7.60. The van der Waals surface area contributed by atoms with Gasteiger partial charge < -0.3 is 9.72 Å². The van der Waals surface area contributed by atoms with Crippen LogP contribution in [0.5, 0.6) is 5.75 Å². The van der Waals surface area contributed by atoms with E-state index in [1.165, 1.54) is 23.1 Å². The summed E-state index contributed by atoms with van der Waals surface area (Å²) in [6.07, 6.45) is 0. The molecule has 1 aromatic carbocycles. The summed E-state index contributed by atoms with van der Waals surface area (Å²) >= 11 is 2.96. The maximum Gasteiger partial charge on any atom is 0.259 e. The average Bonchev–Trinajstić information content (AvgIpc) is 3.27. The molecule has 150 valence electrons. The Morgan fingerprint density at radius 1 is 1.31 bits per heavy atom. The standard InChI is InChI=1S/C19H20N6O2S2/c1-5-27-14-9-7-6-8-13(14)25-19(22-23-24-25)29-12(4)16-20-17(26)15-10(2)11(3)28-18(15)21-16/h6-9,12H,5H2,1-4H3,(H,20,21,26). The molecule has 1 unspecified atom stereocenters. The van der Waals surface area contributed by atoms with E-state index < -0.39 is 0 Å². The van der Waals surface area contributed by atoms with E-state index in [0.29, 0.717) is 28.7 Å². The second-order valence-electron chi connectivity index (χ2n) is 6.45. The van der Waals surface area contributed by atoms with Crippen LogP contribution in [0, 0.1) is 13.8 Å². The number of nitrogens with one attached hydrogen (secondary N) is 1. The summed E-state index contributed by atoms with van der Waals surface area (Å²) in [5.74, 6) is 1.30. The number of thioether (sulfide) groups is 1. The number of hydrogen-bond donors (Lipinski definition) is 1. The quantitative estimate of drug-likeness (QED) is 0.466. The SMILES string of the molecule is CCOc1ccccc1-n1nnnc1SC(C)c1nc2sc(C)c(C)c2c(=O)[nH]1. The molecule has 0 saturated heterocycles. The first-order valence-electron chi connectivity index (χ1n) is 9.16. The van der Waals surface area contributed by atoms with Crippen molar-refractivity contribution in [3.63, 3.8) is 0 Å². The maximum absolute atomic E-state index is 12.6. The number of aryl methyl sites for hydroxylation is 2. The maximum atomic E-state index is 12.6. The van der Waals surface area contributed by atoms with E-state index in [0.717, 1.165) is 21.0 Å². The Bertz CT molecular complexity index is 1230. The number of tetrazole rings is 1. The summed E-state index contributed by atoms with van der Waals surface area (Å²) in [4.78, 5) is 22.1. The number of hydrogen-bond acceptors (Lipinski definition) is 8. The van der Waals surface area contributed by atoms with Crippen molar-refractivity contribution in [1.82, 2.24) is 30.2 Å². The smallest absolute Gasteiger partial charge is 0.259 e. The molecule has 0 bridgehead atoms. The molecule has 0 amide bonds. The van der Waals surface area contributed by atoms with Crippen LogP contribution in [0.1, 0.15) is 35.4 Å². The molecule has 1 atom stereocenters. The van der Waals surface area contributed by atoms with Crippen LogP contribution < -0.4 is 10.3 Å². The minimum atomic E-state index is -0.154. The average molecular weight is 429 g/mol. The van der Waals surface area contributed by atoms with Crippen LogP contribution in [0.4, 0.5) is 0 Å². The van der Waals surface area contributed by atoms with Gasteiger partial charge in [0.05, 0.1) is 17.2 Å². The fourth-order valence-corrected chi connectivity index (χ4v) is 4.89.